The highest BCUT2D eigenvalue weighted by atomic mass is 15.3. The van der Waals surface area contributed by atoms with Crippen LogP contribution in [-0.2, 0) is 0 Å². The van der Waals surface area contributed by atoms with Gasteiger partial charge < -0.3 is 0 Å². The molecule has 0 atom stereocenters. The average Bonchev–Trinajstić information content (AvgIpc) is 3.36. The monoisotopic (exact) mass is 878 g/mol. The van der Waals surface area contributed by atoms with Crippen LogP contribution in [0.5, 0.6) is 0 Å². The average molecular weight is 879 g/mol. The van der Waals surface area contributed by atoms with Crippen LogP contribution in [0.4, 0.5) is 17.3 Å². The summed E-state index contributed by atoms with van der Waals surface area (Å²) < 4.78 is 0. The first-order chi connectivity index (χ1) is 33.2. The van der Waals surface area contributed by atoms with Gasteiger partial charge in [-0.05, 0) is 144 Å². The molecule has 9 aromatic carbocycles. The molecule has 4 nitrogen and oxygen atoms in total. The second-order valence-electron chi connectivity index (χ2n) is 18.0. The summed E-state index contributed by atoms with van der Waals surface area (Å²) in [5, 5.41) is 0. The zero-order valence-electron chi connectivity index (χ0n) is 39.6. The van der Waals surface area contributed by atoms with Gasteiger partial charge in [0.25, 0.3) is 0 Å². The Morgan fingerprint density at radius 2 is 0.735 bits per heavy atom. The number of nitrogens with zero attached hydrogens (tertiary/aromatic N) is 4. The molecule has 0 unspecified atom stereocenters. The zero-order valence-corrected chi connectivity index (χ0v) is 39.6. The third-order valence-electron chi connectivity index (χ3n) is 13.0. The predicted octanol–water partition coefficient (Wildman–Crippen LogP) is 16.7. The lowest BCUT2D eigenvalue weighted by Gasteiger charge is -2.29. The second kappa shape index (κ2) is 18.9. The van der Waals surface area contributed by atoms with Crippen LogP contribution in [0.25, 0.3) is 56.2 Å². The van der Waals surface area contributed by atoms with Gasteiger partial charge in [-0.2, -0.15) is 9.97 Å². The summed E-state index contributed by atoms with van der Waals surface area (Å²) in [4.78, 5) is 18.4. The normalized spacial score (nSPS) is 11.2. The highest BCUT2D eigenvalue weighted by molar-refractivity contribution is 5.86. The van der Waals surface area contributed by atoms with E-state index >= 15 is 0 Å². The van der Waals surface area contributed by atoms with Crippen LogP contribution in [0.3, 0.4) is 0 Å². The molecule has 0 saturated heterocycles. The van der Waals surface area contributed by atoms with Crippen LogP contribution in [-0.4, -0.2) is 15.0 Å². The molecular formula is C64H54N4. The summed E-state index contributed by atoms with van der Waals surface area (Å²) in [5.74, 6) is 1.72. The van der Waals surface area contributed by atoms with Gasteiger partial charge in [-0.25, -0.2) is 4.98 Å². The Hall–Kier alpha value is -8.21. The number of hydrogen-bond acceptors (Lipinski definition) is 4. The van der Waals surface area contributed by atoms with Crippen molar-refractivity contribution in [2.24, 2.45) is 0 Å². The number of benzene rings is 9. The molecule has 1 heterocycles. The quantitative estimate of drug-likeness (QED) is 0.121. The minimum Gasteiger partial charge on any atom is -0.279 e. The Morgan fingerprint density at radius 3 is 1.22 bits per heavy atom. The first-order valence-corrected chi connectivity index (χ1v) is 23.5. The fraction of sp³-hybridized carbons (Fsp3) is 0.109. The maximum atomic E-state index is 5.49. The molecule has 0 saturated carbocycles. The van der Waals surface area contributed by atoms with Crippen LogP contribution in [0, 0.1) is 41.5 Å². The number of rotatable bonds is 11. The van der Waals surface area contributed by atoms with Gasteiger partial charge in [-0.15, -0.1) is 0 Å². The van der Waals surface area contributed by atoms with Crippen LogP contribution in [0.1, 0.15) is 56.0 Å². The largest absolute Gasteiger partial charge is 0.279 e. The van der Waals surface area contributed by atoms with Gasteiger partial charge in [-0.3, -0.25) is 4.90 Å². The molecule has 330 valence electrons. The summed E-state index contributed by atoms with van der Waals surface area (Å²) in [5.41, 5.74) is 21.9. The highest BCUT2D eigenvalue weighted by Gasteiger charge is 2.27. The molecule has 0 N–H and O–H groups in total. The van der Waals surface area contributed by atoms with Crippen molar-refractivity contribution in [2.75, 3.05) is 4.90 Å². The van der Waals surface area contributed by atoms with E-state index in [1.807, 2.05) is 24.3 Å². The van der Waals surface area contributed by atoms with E-state index in [1.54, 1.807) is 0 Å². The molecule has 68 heavy (non-hydrogen) atoms. The van der Waals surface area contributed by atoms with Gasteiger partial charge in [0, 0.05) is 22.7 Å². The van der Waals surface area contributed by atoms with E-state index in [-0.39, 0.29) is 5.92 Å². The summed E-state index contributed by atoms with van der Waals surface area (Å²) in [6, 6.07) is 75.6. The topological polar surface area (TPSA) is 41.9 Å². The molecule has 0 radical (unpaired) electrons. The van der Waals surface area contributed by atoms with Gasteiger partial charge >= 0.3 is 0 Å². The van der Waals surface area contributed by atoms with Gasteiger partial charge in [0.05, 0.1) is 5.69 Å². The van der Waals surface area contributed by atoms with Gasteiger partial charge in [-0.1, -0.05) is 193 Å². The lowest BCUT2D eigenvalue weighted by molar-refractivity contribution is 0.919. The molecule has 0 fully saturated rings. The van der Waals surface area contributed by atoms with E-state index in [9.17, 15) is 0 Å². The highest BCUT2D eigenvalue weighted by Crippen LogP contribution is 2.44. The molecule has 0 bridgehead atoms. The number of aryl methyl sites for hydroxylation is 6. The van der Waals surface area contributed by atoms with Crippen molar-refractivity contribution in [1.82, 2.24) is 15.0 Å². The summed E-state index contributed by atoms with van der Waals surface area (Å²) in [7, 11) is 0. The standard InChI is InChI=1S/C64H54N4/c1-42-35-44(3)59(45(4)36-42)61(60-46(5)37-43(2)38-47(60)6)51-31-33-55(34-32-51)68(56-40-53(48-21-11-7-12-22-48)39-54(41-56)49-23-13-8-14-24-49)64-66-62(52-27-17-10-18-28-52)65-63(67-64)58-30-20-19-29-57(58)50-25-15-9-16-26-50/h7-41,61H,1-6H3. The molecule has 0 aliphatic heterocycles. The van der Waals surface area contributed by atoms with Crippen molar-refractivity contribution < 1.29 is 0 Å². The lowest BCUT2D eigenvalue weighted by Crippen LogP contribution is -2.16. The molecule has 10 aromatic rings. The predicted molar refractivity (Wildman–Crippen MR) is 284 cm³/mol. The third kappa shape index (κ3) is 8.89. The molecule has 1 aromatic heterocycles. The minimum absolute atomic E-state index is 0.0211. The molecule has 10 rings (SSSR count). The Kier molecular flexibility index (Phi) is 12.2. The smallest absolute Gasteiger partial charge is 0.238 e. The van der Waals surface area contributed by atoms with E-state index in [0.717, 1.165) is 55.9 Å². The van der Waals surface area contributed by atoms with Crippen LogP contribution >= 0.6 is 0 Å². The molecule has 0 aliphatic rings. The number of aromatic nitrogens is 3. The first kappa shape index (κ1) is 43.7. The molecule has 0 amide bonds. The number of anilines is 3. The Labute approximate surface area is 401 Å². The van der Waals surface area contributed by atoms with E-state index < -0.39 is 0 Å². The maximum Gasteiger partial charge on any atom is 0.238 e. The van der Waals surface area contributed by atoms with Crippen molar-refractivity contribution in [1.29, 1.82) is 0 Å². The minimum atomic E-state index is 0.0211. The van der Waals surface area contributed by atoms with Crippen molar-refractivity contribution >= 4 is 17.3 Å². The molecular weight excluding hydrogens is 825 g/mol. The summed E-state index contributed by atoms with van der Waals surface area (Å²) in [6.07, 6.45) is 0. The van der Waals surface area contributed by atoms with Crippen molar-refractivity contribution in [3.05, 3.63) is 262 Å². The van der Waals surface area contributed by atoms with Gasteiger partial charge in [0.15, 0.2) is 11.6 Å². The zero-order chi connectivity index (χ0) is 46.7. The summed E-state index contributed by atoms with van der Waals surface area (Å²) in [6.45, 7) is 13.4. The summed E-state index contributed by atoms with van der Waals surface area (Å²) >= 11 is 0. The first-order valence-electron chi connectivity index (χ1n) is 23.5. The van der Waals surface area contributed by atoms with Crippen molar-refractivity contribution in [2.45, 2.75) is 47.5 Å². The Balaban J connectivity index is 1.24. The van der Waals surface area contributed by atoms with Gasteiger partial charge in [0.1, 0.15) is 0 Å². The Bertz CT molecular complexity index is 3220. The SMILES string of the molecule is Cc1cc(C)c(C(c2ccc(N(c3cc(-c4ccccc4)cc(-c4ccccc4)c3)c3nc(-c4ccccc4)nc(-c4ccccc4-c4ccccc4)n3)cc2)c2c(C)cc(C)cc2C)c(C)c1. The maximum absolute atomic E-state index is 5.49. The van der Waals surface area contributed by atoms with E-state index in [4.69, 9.17) is 15.0 Å². The van der Waals surface area contributed by atoms with Crippen LogP contribution < -0.4 is 4.90 Å². The van der Waals surface area contributed by atoms with E-state index in [2.05, 4.69) is 234 Å². The van der Waals surface area contributed by atoms with E-state index in [1.165, 1.54) is 50.1 Å². The lowest BCUT2D eigenvalue weighted by atomic mass is 9.77. The molecule has 0 aliphatic carbocycles. The van der Waals surface area contributed by atoms with Gasteiger partial charge in [0.2, 0.25) is 5.95 Å². The third-order valence-corrected chi connectivity index (χ3v) is 13.0. The fourth-order valence-corrected chi connectivity index (χ4v) is 10.2. The number of hydrogen-bond donors (Lipinski definition) is 0. The van der Waals surface area contributed by atoms with Crippen LogP contribution in [0.2, 0.25) is 0 Å². The fourth-order valence-electron chi connectivity index (χ4n) is 10.2. The molecule has 0 spiro atoms. The second-order valence-corrected chi connectivity index (χ2v) is 18.0. The van der Waals surface area contributed by atoms with E-state index in [0.29, 0.717) is 17.6 Å². The molecule has 4 heteroatoms. The van der Waals surface area contributed by atoms with Crippen molar-refractivity contribution in [3.8, 4) is 56.2 Å². The van der Waals surface area contributed by atoms with Crippen molar-refractivity contribution in [3.63, 3.8) is 0 Å². The Morgan fingerprint density at radius 1 is 0.324 bits per heavy atom. The van der Waals surface area contributed by atoms with Crippen LogP contribution in [0.15, 0.2) is 212 Å².